The summed E-state index contributed by atoms with van der Waals surface area (Å²) in [4.78, 5) is 23.0. The molecule has 0 rings (SSSR count). The maximum Gasteiger partial charge on any atom is 0.151 e. The van der Waals surface area contributed by atoms with E-state index in [1.807, 2.05) is 41.5 Å². The molecule has 0 amide bonds. The monoisotopic (exact) mass is 388 g/mol. The molecule has 0 heterocycles. The van der Waals surface area contributed by atoms with Crippen molar-refractivity contribution in [2.24, 2.45) is 10.8 Å². The molecule has 2 N–H and O–H groups in total. The van der Waals surface area contributed by atoms with Gasteiger partial charge in [0.2, 0.25) is 0 Å². The Bertz CT molecular complexity index is 414. The van der Waals surface area contributed by atoms with Gasteiger partial charge in [0, 0.05) is 34.9 Å². The van der Waals surface area contributed by atoms with Crippen LogP contribution >= 0.6 is 0 Å². The summed E-state index contributed by atoms with van der Waals surface area (Å²) in [6.45, 7) is 25.5. The lowest BCUT2D eigenvalue weighted by Crippen LogP contribution is -2.42. The van der Waals surface area contributed by atoms with Crippen LogP contribution in [0.3, 0.4) is 0 Å². The van der Waals surface area contributed by atoms with Crippen LogP contribution in [0.1, 0.15) is 104 Å². The summed E-state index contributed by atoms with van der Waals surface area (Å²) in [6, 6.07) is 0. The summed E-state index contributed by atoms with van der Waals surface area (Å²) >= 11 is 0. The number of carbonyl (C=O) groups excluding carboxylic acids is 2. The number of hydrogen-bond donors (Lipinski definition) is 2. The van der Waals surface area contributed by atoms with E-state index < -0.39 is 0 Å². The van der Waals surface area contributed by atoms with E-state index in [4.69, 9.17) is 0 Å². The molecular weight excluding hydrogens is 336 g/mol. The molecule has 0 aromatic carbocycles. The Morgan fingerprint density at radius 1 is 0.593 bits per heavy atom. The zero-order chi connectivity index (χ0) is 20.7. The maximum absolute atomic E-state index is 11.5. The van der Waals surface area contributed by atoms with Gasteiger partial charge in [-0.3, -0.25) is 9.59 Å². The van der Waals surface area contributed by atoms with Crippen molar-refractivity contribution >= 4 is 11.6 Å². The lowest BCUT2D eigenvalue weighted by atomic mass is 9.89. The molecule has 0 saturated carbocycles. The molecule has 0 aromatic heterocycles. The van der Waals surface area contributed by atoms with E-state index in [9.17, 15) is 9.59 Å². The average molecular weight is 389 g/mol. The molecule has 0 bridgehead atoms. The smallest absolute Gasteiger partial charge is 0.151 e. The molecular formula is C23H52N2O2. The third-order valence-corrected chi connectivity index (χ3v) is 3.46. The zero-order valence-corrected chi connectivity index (χ0v) is 18.9. The highest BCUT2D eigenvalue weighted by molar-refractivity contribution is 5.85. The van der Waals surface area contributed by atoms with Gasteiger partial charge in [-0.2, -0.15) is 0 Å². The molecule has 0 aliphatic rings. The van der Waals surface area contributed by atoms with Crippen LogP contribution in [0.5, 0.6) is 0 Å². The minimum atomic E-state index is -0.224. The van der Waals surface area contributed by atoms with Crippen molar-refractivity contribution in [2.75, 3.05) is 13.1 Å². The molecule has 0 aliphatic carbocycles. The van der Waals surface area contributed by atoms with Crippen LogP contribution in [-0.2, 0) is 9.59 Å². The van der Waals surface area contributed by atoms with Gasteiger partial charge >= 0.3 is 0 Å². The van der Waals surface area contributed by atoms with Crippen LogP contribution in [0.25, 0.3) is 0 Å². The molecule has 0 atom stereocenters. The third-order valence-electron chi connectivity index (χ3n) is 3.46. The Kier molecular flexibility index (Phi) is 15.9. The molecule has 0 radical (unpaired) electrons. The van der Waals surface area contributed by atoms with Gasteiger partial charge in [-0.15, -0.1) is 0 Å². The number of carbonyl (C=O) groups is 2. The maximum atomic E-state index is 11.5. The molecule has 0 fully saturated rings. The number of nitrogens with one attached hydrogen (secondary N) is 2. The Hall–Kier alpha value is -0.740. The molecule has 0 spiro atoms. The third kappa shape index (κ3) is 23.2. The van der Waals surface area contributed by atoms with Crippen LogP contribution in [0.15, 0.2) is 0 Å². The van der Waals surface area contributed by atoms with Gasteiger partial charge in [0.05, 0.1) is 6.54 Å². The number of rotatable bonds is 5. The highest BCUT2D eigenvalue weighted by Gasteiger charge is 2.22. The lowest BCUT2D eigenvalue weighted by Gasteiger charge is -2.23. The normalized spacial score (nSPS) is 12.1. The van der Waals surface area contributed by atoms with Crippen LogP contribution < -0.4 is 10.6 Å². The van der Waals surface area contributed by atoms with Crippen molar-refractivity contribution in [3.63, 3.8) is 0 Å². The van der Waals surface area contributed by atoms with Gasteiger partial charge < -0.3 is 10.6 Å². The number of ketones is 2. The second kappa shape index (κ2) is 12.7. The SMILES string of the molecule is C.C.CC(C)(C)NCC(=O)C(C)(C)C.CC(C)(C)NCCC(=O)C(C)(C)C. The highest BCUT2D eigenvalue weighted by Crippen LogP contribution is 2.16. The van der Waals surface area contributed by atoms with Crippen LogP contribution in [0, 0.1) is 10.8 Å². The Morgan fingerprint density at radius 3 is 1.19 bits per heavy atom. The predicted molar refractivity (Wildman–Crippen MR) is 123 cm³/mol. The summed E-state index contributed by atoms with van der Waals surface area (Å²) in [5.74, 6) is 0.585. The zero-order valence-electron chi connectivity index (χ0n) is 18.9. The first-order valence-electron chi connectivity index (χ1n) is 9.32. The molecule has 4 nitrogen and oxygen atoms in total. The fraction of sp³-hybridized carbons (Fsp3) is 0.913. The Balaban J connectivity index is -0.000000183. The van der Waals surface area contributed by atoms with Crippen LogP contribution in [-0.4, -0.2) is 35.7 Å². The second-order valence-electron chi connectivity index (χ2n) is 10.9. The summed E-state index contributed by atoms with van der Waals surface area (Å²) in [5, 5.41) is 6.48. The van der Waals surface area contributed by atoms with Gasteiger partial charge in [-0.05, 0) is 41.5 Å². The first-order chi connectivity index (χ1) is 10.8. The van der Waals surface area contributed by atoms with E-state index in [1.54, 1.807) is 0 Å². The first kappa shape index (κ1) is 33.8. The largest absolute Gasteiger partial charge is 0.312 e. The molecule has 0 unspecified atom stereocenters. The van der Waals surface area contributed by atoms with Crippen LogP contribution in [0.4, 0.5) is 0 Å². The molecule has 0 aromatic rings. The van der Waals surface area contributed by atoms with E-state index in [-0.39, 0.29) is 42.5 Å². The summed E-state index contributed by atoms with van der Waals surface area (Å²) < 4.78 is 0. The molecule has 4 heteroatoms. The lowest BCUT2D eigenvalue weighted by molar-refractivity contribution is -0.126. The van der Waals surface area contributed by atoms with Gasteiger partial charge in [0.25, 0.3) is 0 Å². The summed E-state index contributed by atoms with van der Waals surface area (Å²) in [6.07, 6.45) is 0.626. The van der Waals surface area contributed by atoms with Crippen LogP contribution in [0.2, 0.25) is 0 Å². The topological polar surface area (TPSA) is 58.2 Å². The number of hydrogen-bond acceptors (Lipinski definition) is 4. The van der Waals surface area contributed by atoms with Crippen molar-refractivity contribution in [2.45, 2.75) is 115 Å². The summed E-state index contributed by atoms with van der Waals surface area (Å²) in [7, 11) is 0. The number of Topliss-reactive ketones (excluding diaryl/α,β-unsaturated/α-hetero) is 2. The first-order valence-corrected chi connectivity index (χ1v) is 9.32. The van der Waals surface area contributed by atoms with Gasteiger partial charge in [-0.25, -0.2) is 0 Å². The van der Waals surface area contributed by atoms with Gasteiger partial charge in [0.15, 0.2) is 5.78 Å². The molecule has 166 valence electrons. The minimum absolute atomic E-state index is 0. The van der Waals surface area contributed by atoms with Crippen molar-refractivity contribution in [1.82, 2.24) is 10.6 Å². The Morgan fingerprint density at radius 2 is 0.926 bits per heavy atom. The van der Waals surface area contributed by atoms with Crippen molar-refractivity contribution in [3.05, 3.63) is 0 Å². The fourth-order valence-corrected chi connectivity index (χ4v) is 1.54. The molecule has 0 saturated heterocycles. The van der Waals surface area contributed by atoms with E-state index in [2.05, 4.69) is 52.2 Å². The highest BCUT2D eigenvalue weighted by atomic mass is 16.1. The van der Waals surface area contributed by atoms with E-state index in [0.717, 1.165) is 6.54 Å². The Labute approximate surface area is 171 Å². The predicted octanol–water partition coefficient (Wildman–Crippen LogP) is 5.64. The molecule has 0 aliphatic heterocycles. The van der Waals surface area contributed by atoms with Crippen molar-refractivity contribution in [3.8, 4) is 0 Å². The fourth-order valence-electron chi connectivity index (χ4n) is 1.54. The van der Waals surface area contributed by atoms with E-state index >= 15 is 0 Å². The average Bonchev–Trinajstić information content (AvgIpc) is 2.31. The van der Waals surface area contributed by atoms with Crippen molar-refractivity contribution < 1.29 is 9.59 Å². The molecule has 27 heavy (non-hydrogen) atoms. The standard InChI is InChI=1S/C11H23NO.C10H21NO.2CH4/c1-10(2,3)9(13)7-8-12-11(4,5)6;1-9(2,3)8(12)7-11-10(4,5)6;;/h12H,7-8H2,1-6H3;11H,7H2,1-6H3;2*1H4. The van der Waals surface area contributed by atoms with E-state index in [1.165, 1.54) is 0 Å². The van der Waals surface area contributed by atoms with Gasteiger partial charge in [-0.1, -0.05) is 56.4 Å². The quantitative estimate of drug-likeness (QED) is 0.639. The van der Waals surface area contributed by atoms with E-state index in [0.29, 0.717) is 18.7 Å². The second-order valence-corrected chi connectivity index (χ2v) is 10.9. The van der Waals surface area contributed by atoms with Gasteiger partial charge in [0.1, 0.15) is 5.78 Å². The van der Waals surface area contributed by atoms with Crippen molar-refractivity contribution in [1.29, 1.82) is 0 Å². The minimum Gasteiger partial charge on any atom is -0.312 e. The summed E-state index contributed by atoms with van der Waals surface area (Å²) in [5.41, 5.74) is -0.281.